The molecule has 20 heavy (non-hydrogen) atoms. The van der Waals surface area contributed by atoms with Crippen molar-refractivity contribution in [1.29, 1.82) is 0 Å². The molecule has 2 saturated carbocycles. The molecule has 108 valence electrons. The van der Waals surface area contributed by atoms with Crippen molar-refractivity contribution in [2.45, 2.75) is 56.5 Å². The van der Waals surface area contributed by atoms with Crippen molar-refractivity contribution in [3.63, 3.8) is 0 Å². The van der Waals surface area contributed by atoms with Gasteiger partial charge in [0.25, 0.3) is 0 Å². The maximum atomic E-state index is 11.5. The summed E-state index contributed by atoms with van der Waals surface area (Å²) in [6, 6.07) is 8.93. The zero-order valence-corrected chi connectivity index (χ0v) is 12.2. The largest absolute Gasteiger partial charge is 0.469 e. The highest BCUT2D eigenvalue weighted by Gasteiger charge is 2.38. The lowest BCUT2D eigenvalue weighted by Crippen LogP contribution is -2.52. The molecular formula is C17H23NO2. The highest BCUT2D eigenvalue weighted by atomic mass is 16.5. The third-order valence-electron chi connectivity index (χ3n) is 4.72. The molecule has 0 saturated heterocycles. The van der Waals surface area contributed by atoms with E-state index in [0.717, 1.165) is 25.3 Å². The van der Waals surface area contributed by atoms with Crippen LogP contribution in [0, 0.1) is 0 Å². The van der Waals surface area contributed by atoms with Crippen molar-refractivity contribution in [2.24, 2.45) is 0 Å². The van der Waals surface area contributed by atoms with Gasteiger partial charge in [-0.2, -0.15) is 0 Å². The van der Waals surface area contributed by atoms with Crippen LogP contribution in [0.1, 0.15) is 55.6 Å². The molecule has 2 aliphatic carbocycles. The van der Waals surface area contributed by atoms with E-state index in [1.807, 2.05) is 0 Å². The predicted octanol–water partition coefficient (Wildman–Crippen LogP) is 3.14. The van der Waals surface area contributed by atoms with Crippen LogP contribution >= 0.6 is 0 Å². The first kappa shape index (κ1) is 13.6. The Balaban J connectivity index is 1.55. The van der Waals surface area contributed by atoms with E-state index in [2.05, 4.69) is 29.6 Å². The summed E-state index contributed by atoms with van der Waals surface area (Å²) < 4.78 is 4.80. The number of methoxy groups -OCH3 is 1. The summed E-state index contributed by atoms with van der Waals surface area (Å²) >= 11 is 0. The summed E-state index contributed by atoms with van der Waals surface area (Å²) in [6.45, 7) is 0.835. The minimum Gasteiger partial charge on any atom is -0.469 e. The summed E-state index contributed by atoms with van der Waals surface area (Å²) in [4.78, 5) is 11.5. The van der Waals surface area contributed by atoms with Gasteiger partial charge in [0.15, 0.2) is 0 Å². The van der Waals surface area contributed by atoms with E-state index in [9.17, 15) is 4.79 Å². The Morgan fingerprint density at radius 3 is 2.50 bits per heavy atom. The number of ether oxygens (including phenoxy) is 1. The van der Waals surface area contributed by atoms with Gasteiger partial charge < -0.3 is 10.1 Å². The minimum atomic E-state index is -0.110. The average Bonchev–Trinajstić information content (AvgIpc) is 3.26. The number of esters is 1. The molecule has 3 rings (SSSR count). The van der Waals surface area contributed by atoms with Gasteiger partial charge in [0.2, 0.25) is 0 Å². The molecule has 2 aliphatic rings. The Bertz CT molecular complexity index is 472. The molecule has 0 heterocycles. The highest BCUT2D eigenvalue weighted by Crippen LogP contribution is 2.40. The fourth-order valence-corrected chi connectivity index (χ4v) is 2.98. The lowest BCUT2D eigenvalue weighted by atomic mass is 9.74. The topological polar surface area (TPSA) is 38.3 Å². The standard InChI is InChI=1S/C17H23NO2/c1-20-16(19)11-17(9-2-10-17)18-12-13-3-5-14(6-4-13)15-7-8-15/h3-6,15,18H,2,7-12H2,1H3. The smallest absolute Gasteiger partial charge is 0.307 e. The van der Waals surface area contributed by atoms with Crippen LogP contribution in [0.25, 0.3) is 0 Å². The molecule has 1 aromatic carbocycles. The molecule has 0 spiro atoms. The van der Waals surface area contributed by atoms with Crippen LogP contribution in [-0.4, -0.2) is 18.6 Å². The molecule has 0 atom stereocenters. The fraction of sp³-hybridized carbons (Fsp3) is 0.588. The van der Waals surface area contributed by atoms with Crippen molar-refractivity contribution in [3.05, 3.63) is 35.4 Å². The summed E-state index contributed by atoms with van der Waals surface area (Å²) in [5.74, 6) is 0.704. The lowest BCUT2D eigenvalue weighted by molar-refractivity contribution is -0.143. The van der Waals surface area contributed by atoms with E-state index in [1.165, 1.54) is 37.5 Å². The zero-order valence-electron chi connectivity index (χ0n) is 12.2. The van der Waals surface area contributed by atoms with Gasteiger partial charge in [-0.15, -0.1) is 0 Å². The second kappa shape index (κ2) is 5.57. The van der Waals surface area contributed by atoms with Crippen LogP contribution in [0.15, 0.2) is 24.3 Å². The molecule has 3 heteroatoms. The average molecular weight is 273 g/mol. The summed E-state index contributed by atoms with van der Waals surface area (Å²) in [6.07, 6.45) is 6.53. The molecule has 1 aromatic rings. The maximum Gasteiger partial charge on any atom is 0.307 e. The quantitative estimate of drug-likeness (QED) is 0.809. The van der Waals surface area contributed by atoms with E-state index in [1.54, 1.807) is 0 Å². The zero-order chi connectivity index (χ0) is 14.0. The normalized spacial score (nSPS) is 20.2. The molecule has 2 fully saturated rings. The van der Waals surface area contributed by atoms with Crippen LogP contribution in [0.4, 0.5) is 0 Å². The molecule has 0 radical (unpaired) electrons. The number of hydrogen-bond acceptors (Lipinski definition) is 3. The molecule has 0 aromatic heterocycles. The van der Waals surface area contributed by atoms with E-state index < -0.39 is 0 Å². The first-order valence-electron chi connectivity index (χ1n) is 7.61. The molecule has 0 aliphatic heterocycles. The first-order chi connectivity index (χ1) is 9.71. The van der Waals surface area contributed by atoms with Gasteiger partial charge in [0.05, 0.1) is 13.5 Å². The van der Waals surface area contributed by atoms with Crippen molar-refractivity contribution < 1.29 is 9.53 Å². The molecule has 3 nitrogen and oxygen atoms in total. The Morgan fingerprint density at radius 1 is 1.30 bits per heavy atom. The van der Waals surface area contributed by atoms with Gasteiger partial charge in [0, 0.05) is 12.1 Å². The van der Waals surface area contributed by atoms with E-state index in [4.69, 9.17) is 4.74 Å². The summed E-state index contributed by atoms with van der Waals surface area (Å²) in [7, 11) is 1.46. The highest BCUT2D eigenvalue weighted by molar-refractivity contribution is 5.71. The Morgan fingerprint density at radius 2 is 2.00 bits per heavy atom. The fourth-order valence-electron chi connectivity index (χ4n) is 2.98. The third-order valence-corrected chi connectivity index (χ3v) is 4.72. The molecule has 0 bridgehead atoms. The van der Waals surface area contributed by atoms with Gasteiger partial charge in [-0.3, -0.25) is 4.79 Å². The van der Waals surface area contributed by atoms with Gasteiger partial charge >= 0.3 is 5.97 Å². The van der Waals surface area contributed by atoms with Crippen molar-refractivity contribution in [3.8, 4) is 0 Å². The second-order valence-electron chi connectivity index (χ2n) is 6.26. The van der Waals surface area contributed by atoms with E-state index in [-0.39, 0.29) is 11.5 Å². The Kier molecular flexibility index (Phi) is 3.79. The number of rotatable bonds is 6. The van der Waals surface area contributed by atoms with Crippen LogP contribution in [0.2, 0.25) is 0 Å². The van der Waals surface area contributed by atoms with E-state index in [0.29, 0.717) is 6.42 Å². The van der Waals surface area contributed by atoms with Crippen LogP contribution in [0.3, 0.4) is 0 Å². The lowest BCUT2D eigenvalue weighted by Gasteiger charge is -2.42. The van der Waals surface area contributed by atoms with Gasteiger partial charge in [0.1, 0.15) is 0 Å². The maximum absolute atomic E-state index is 11.5. The van der Waals surface area contributed by atoms with E-state index >= 15 is 0 Å². The predicted molar refractivity (Wildman–Crippen MR) is 78.5 cm³/mol. The third kappa shape index (κ3) is 3.04. The van der Waals surface area contributed by atoms with Crippen molar-refractivity contribution in [1.82, 2.24) is 5.32 Å². The van der Waals surface area contributed by atoms with Gasteiger partial charge in [-0.05, 0) is 49.1 Å². The SMILES string of the molecule is COC(=O)CC1(NCc2ccc(C3CC3)cc2)CCC1. The van der Waals surface area contributed by atoms with Crippen molar-refractivity contribution in [2.75, 3.05) is 7.11 Å². The van der Waals surface area contributed by atoms with Crippen LogP contribution in [-0.2, 0) is 16.1 Å². The van der Waals surface area contributed by atoms with Crippen LogP contribution in [0.5, 0.6) is 0 Å². The molecule has 1 N–H and O–H groups in total. The summed E-state index contributed by atoms with van der Waals surface area (Å²) in [5, 5.41) is 3.58. The summed E-state index contributed by atoms with van der Waals surface area (Å²) in [5.41, 5.74) is 2.75. The van der Waals surface area contributed by atoms with Crippen LogP contribution < -0.4 is 5.32 Å². The number of carbonyl (C=O) groups excluding carboxylic acids is 1. The second-order valence-corrected chi connectivity index (χ2v) is 6.26. The Hall–Kier alpha value is -1.35. The minimum absolute atomic E-state index is 0.0255. The van der Waals surface area contributed by atoms with Gasteiger partial charge in [-0.25, -0.2) is 0 Å². The molecule has 0 amide bonds. The number of carbonyl (C=O) groups is 1. The molecule has 0 unspecified atom stereocenters. The monoisotopic (exact) mass is 273 g/mol. The van der Waals surface area contributed by atoms with Crippen molar-refractivity contribution >= 4 is 5.97 Å². The number of nitrogens with one attached hydrogen (secondary N) is 1. The first-order valence-corrected chi connectivity index (χ1v) is 7.61. The van der Waals surface area contributed by atoms with Gasteiger partial charge in [-0.1, -0.05) is 24.3 Å². The number of hydrogen-bond donors (Lipinski definition) is 1. The molecular weight excluding hydrogens is 250 g/mol. The number of benzene rings is 1. The Labute approximate surface area is 120 Å².